The Morgan fingerprint density at radius 2 is 2.33 bits per heavy atom. The number of rotatable bonds is 1. The Morgan fingerprint density at radius 1 is 1.60 bits per heavy atom. The predicted molar refractivity (Wildman–Crippen MR) is 50.1 cm³/mol. The smallest absolute Gasteiger partial charge is 0.278 e. The summed E-state index contributed by atoms with van der Waals surface area (Å²) in [5.41, 5.74) is 5.68. The van der Waals surface area contributed by atoms with Crippen LogP contribution in [0.2, 0.25) is 0 Å². The second kappa shape index (κ2) is 3.47. The largest absolute Gasteiger partial charge is 0.490 e. The van der Waals surface area contributed by atoms with Gasteiger partial charge in [0.05, 0.1) is 17.1 Å². The van der Waals surface area contributed by atoms with Gasteiger partial charge in [-0.2, -0.15) is 0 Å². The average molecular weight is 212 g/mol. The maximum absolute atomic E-state index is 13.3. The molecule has 0 amide bonds. The van der Waals surface area contributed by atoms with Gasteiger partial charge in [0.25, 0.3) is 5.69 Å². The number of hydrogen-bond donors (Lipinski definition) is 1. The van der Waals surface area contributed by atoms with Crippen molar-refractivity contribution in [3.63, 3.8) is 0 Å². The Balaban J connectivity index is 2.65. The van der Waals surface area contributed by atoms with Gasteiger partial charge in [0.15, 0.2) is 11.6 Å². The van der Waals surface area contributed by atoms with Crippen molar-refractivity contribution in [1.29, 1.82) is 0 Å². The van der Waals surface area contributed by atoms with Crippen LogP contribution < -0.4 is 10.5 Å². The molecular formula is C9H9FN2O3. The Kier molecular flexibility index (Phi) is 2.28. The van der Waals surface area contributed by atoms with E-state index in [4.69, 9.17) is 10.5 Å². The van der Waals surface area contributed by atoms with E-state index < -0.39 is 16.8 Å². The summed E-state index contributed by atoms with van der Waals surface area (Å²) in [6.07, 6.45) is 0.456. The second-order valence-corrected chi connectivity index (χ2v) is 3.31. The molecule has 1 aliphatic rings. The van der Waals surface area contributed by atoms with Gasteiger partial charge in [0, 0.05) is 18.5 Å². The Labute approximate surface area is 84.8 Å². The molecule has 1 aromatic rings. The highest BCUT2D eigenvalue weighted by Crippen LogP contribution is 2.39. The highest BCUT2D eigenvalue weighted by molar-refractivity contribution is 5.52. The maximum Gasteiger partial charge on any atom is 0.278 e. The molecule has 0 saturated carbocycles. The quantitative estimate of drug-likeness (QED) is 0.565. The molecule has 0 saturated heterocycles. The molecular weight excluding hydrogens is 203 g/mol. The number of halogens is 1. The standard InChI is InChI=1S/C9H9FN2O3/c10-5-1-2-7(12(13)14)8-6(11)3-4-15-9(5)8/h1-2,6H,3-4,11H2/t6-/m1/s1. The number of benzene rings is 1. The number of nitrogens with zero attached hydrogens (tertiary/aromatic N) is 1. The zero-order chi connectivity index (χ0) is 11.0. The lowest BCUT2D eigenvalue weighted by Crippen LogP contribution is -2.22. The van der Waals surface area contributed by atoms with Crippen LogP contribution in [0.15, 0.2) is 12.1 Å². The lowest BCUT2D eigenvalue weighted by Gasteiger charge is -2.22. The molecule has 6 heteroatoms. The first-order valence-corrected chi connectivity index (χ1v) is 4.46. The van der Waals surface area contributed by atoms with Gasteiger partial charge < -0.3 is 10.5 Å². The molecule has 1 atom stereocenters. The third-order valence-corrected chi connectivity index (χ3v) is 2.37. The highest BCUT2D eigenvalue weighted by atomic mass is 19.1. The Bertz CT molecular complexity index is 422. The number of nitrogens with two attached hydrogens (primary N) is 1. The average Bonchev–Trinajstić information content (AvgIpc) is 2.19. The summed E-state index contributed by atoms with van der Waals surface area (Å²) in [5, 5.41) is 10.7. The van der Waals surface area contributed by atoms with Gasteiger partial charge >= 0.3 is 0 Å². The van der Waals surface area contributed by atoms with E-state index in [1.54, 1.807) is 0 Å². The normalized spacial score (nSPS) is 19.2. The monoisotopic (exact) mass is 212 g/mol. The van der Waals surface area contributed by atoms with E-state index in [9.17, 15) is 14.5 Å². The van der Waals surface area contributed by atoms with Crippen molar-refractivity contribution in [1.82, 2.24) is 0 Å². The molecule has 0 spiro atoms. The molecule has 1 heterocycles. The topological polar surface area (TPSA) is 78.4 Å². The number of nitro benzene ring substituents is 1. The van der Waals surface area contributed by atoms with Gasteiger partial charge in [0.2, 0.25) is 0 Å². The molecule has 0 unspecified atom stereocenters. The lowest BCUT2D eigenvalue weighted by molar-refractivity contribution is -0.386. The molecule has 2 rings (SSSR count). The van der Waals surface area contributed by atoms with E-state index in [-0.39, 0.29) is 23.6 Å². The van der Waals surface area contributed by atoms with Crippen molar-refractivity contribution in [3.8, 4) is 5.75 Å². The summed E-state index contributed by atoms with van der Waals surface area (Å²) < 4.78 is 18.3. The van der Waals surface area contributed by atoms with Crippen LogP contribution in [0.1, 0.15) is 18.0 Å². The molecule has 1 aromatic carbocycles. The molecule has 0 radical (unpaired) electrons. The Hall–Kier alpha value is -1.69. The molecule has 80 valence electrons. The van der Waals surface area contributed by atoms with E-state index in [1.807, 2.05) is 0 Å². The van der Waals surface area contributed by atoms with Gasteiger partial charge in [0.1, 0.15) is 0 Å². The van der Waals surface area contributed by atoms with E-state index in [2.05, 4.69) is 0 Å². The van der Waals surface area contributed by atoms with Gasteiger partial charge in [-0.05, 0) is 6.07 Å². The first-order valence-electron chi connectivity index (χ1n) is 4.46. The van der Waals surface area contributed by atoms with Crippen LogP contribution in [0.4, 0.5) is 10.1 Å². The summed E-state index contributed by atoms with van der Waals surface area (Å²) in [6.45, 7) is 0.284. The van der Waals surface area contributed by atoms with Crippen LogP contribution >= 0.6 is 0 Å². The first-order chi connectivity index (χ1) is 7.11. The minimum Gasteiger partial charge on any atom is -0.490 e. The maximum atomic E-state index is 13.3. The lowest BCUT2D eigenvalue weighted by atomic mass is 9.99. The third kappa shape index (κ3) is 1.52. The number of fused-ring (bicyclic) bond motifs is 1. The van der Waals surface area contributed by atoms with Crippen LogP contribution in [-0.2, 0) is 0 Å². The summed E-state index contributed by atoms with van der Waals surface area (Å²) in [4.78, 5) is 10.1. The second-order valence-electron chi connectivity index (χ2n) is 3.31. The van der Waals surface area contributed by atoms with Crippen LogP contribution in [0.25, 0.3) is 0 Å². The van der Waals surface area contributed by atoms with E-state index in [0.29, 0.717) is 6.42 Å². The fourth-order valence-corrected chi connectivity index (χ4v) is 1.66. The van der Waals surface area contributed by atoms with Crippen molar-refractivity contribution in [2.75, 3.05) is 6.61 Å². The molecule has 0 bridgehead atoms. The molecule has 0 aliphatic carbocycles. The van der Waals surface area contributed by atoms with Gasteiger partial charge in [-0.25, -0.2) is 4.39 Å². The van der Waals surface area contributed by atoms with Crippen molar-refractivity contribution in [3.05, 3.63) is 33.6 Å². The van der Waals surface area contributed by atoms with Crippen LogP contribution in [0.3, 0.4) is 0 Å². The van der Waals surface area contributed by atoms with E-state index in [1.165, 1.54) is 0 Å². The van der Waals surface area contributed by atoms with E-state index >= 15 is 0 Å². The minimum absolute atomic E-state index is 0.0806. The SMILES string of the molecule is N[C@@H]1CCOc2c(F)ccc([N+](=O)[O-])c21. The molecule has 5 nitrogen and oxygen atoms in total. The highest BCUT2D eigenvalue weighted by Gasteiger charge is 2.30. The fourth-order valence-electron chi connectivity index (χ4n) is 1.66. The zero-order valence-corrected chi connectivity index (χ0v) is 7.77. The third-order valence-electron chi connectivity index (χ3n) is 2.37. The number of hydrogen-bond acceptors (Lipinski definition) is 4. The van der Waals surface area contributed by atoms with Crippen molar-refractivity contribution in [2.45, 2.75) is 12.5 Å². The van der Waals surface area contributed by atoms with Gasteiger partial charge in [-0.1, -0.05) is 0 Å². The minimum atomic E-state index is -0.606. The Morgan fingerprint density at radius 3 is 3.00 bits per heavy atom. The van der Waals surface area contributed by atoms with Crippen LogP contribution in [0.5, 0.6) is 5.75 Å². The summed E-state index contributed by atoms with van der Waals surface area (Å²) in [7, 11) is 0. The van der Waals surface area contributed by atoms with Crippen LogP contribution in [0, 0.1) is 15.9 Å². The molecule has 0 fully saturated rings. The molecule has 0 aromatic heterocycles. The van der Waals surface area contributed by atoms with E-state index in [0.717, 1.165) is 12.1 Å². The summed E-state index contributed by atoms with van der Waals surface area (Å²) in [6, 6.07) is 1.60. The van der Waals surface area contributed by atoms with Gasteiger partial charge in [-0.3, -0.25) is 10.1 Å². The van der Waals surface area contributed by atoms with Crippen molar-refractivity contribution < 1.29 is 14.1 Å². The van der Waals surface area contributed by atoms with Gasteiger partial charge in [-0.15, -0.1) is 0 Å². The summed E-state index contributed by atoms with van der Waals surface area (Å²) >= 11 is 0. The van der Waals surface area contributed by atoms with Crippen molar-refractivity contribution in [2.24, 2.45) is 5.73 Å². The fraction of sp³-hybridized carbons (Fsp3) is 0.333. The van der Waals surface area contributed by atoms with Crippen LogP contribution in [-0.4, -0.2) is 11.5 Å². The number of ether oxygens (including phenoxy) is 1. The first kappa shape index (κ1) is 9.85. The molecule has 15 heavy (non-hydrogen) atoms. The zero-order valence-electron chi connectivity index (χ0n) is 7.77. The van der Waals surface area contributed by atoms with Crippen molar-refractivity contribution >= 4 is 5.69 Å². The summed E-state index contributed by atoms with van der Waals surface area (Å²) in [5.74, 6) is -0.686. The molecule has 1 aliphatic heterocycles. The predicted octanol–water partition coefficient (Wildman–Crippen LogP) is 1.52. The number of nitro groups is 1. The molecule has 2 N–H and O–H groups in total.